The number of halogens is 3. The van der Waals surface area contributed by atoms with Crippen molar-refractivity contribution >= 4 is 27.5 Å². The molecule has 2 heterocycles. The second kappa shape index (κ2) is 12.3. The van der Waals surface area contributed by atoms with E-state index in [0.29, 0.717) is 17.1 Å². The van der Waals surface area contributed by atoms with Crippen molar-refractivity contribution in [2.45, 2.75) is 32.2 Å². The third-order valence-electron chi connectivity index (χ3n) is 6.95. The normalized spacial score (nSPS) is 21.6. The molecule has 0 aliphatic carbocycles. The van der Waals surface area contributed by atoms with Crippen LogP contribution in [0.3, 0.4) is 0 Å². The van der Waals surface area contributed by atoms with Crippen LogP contribution in [0.4, 0.5) is 18.9 Å². The second-order valence-corrected chi connectivity index (χ2v) is 12.0. The number of benzene rings is 2. The molecule has 2 aliphatic heterocycles. The van der Waals surface area contributed by atoms with Crippen LogP contribution in [0.1, 0.15) is 34.6 Å². The fraction of sp³-hybridized carbons (Fsp3) is 0.481. The Kier molecular flexibility index (Phi) is 9.11. The molecule has 0 saturated heterocycles. The Bertz CT molecular complexity index is 1440. The molecular weight excluding hydrogens is 583 g/mol. The number of rotatable bonds is 5. The van der Waals surface area contributed by atoms with E-state index < -0.39 is 40.0 Å². The summed E-state index contributed by atoms with van der Waals surface area (Å²) in [5.74, 6) is -2.12. The van der Waals surface area contributed by atoms with Gasteiger partial charge in [0, 0.05) is 44.4 Å². The van der Waals surface area contributed by atoms with Crippen molar-refractivity contribution in [3.05, 3.63) is 47.5 Å². The first-order chi connectivity index (χ1) is 19.7. The number of carbonyl (C=O) groups excluding carboxylic acids is 2. The molecule has 42 heavy (non-hydrogen) atoms. The number of hydrogen-bond acceptors (Lipinski definition) is 8. The average molecular weight is 616 g/mol. The predicted molar refractivity (Wildman–Crippen MR) is 145 cm³/mol. The van der Waals surface area contributed by atoms with Crippen LogP contribution in [0.2, 0.25) is 0 Å². The van der Waals surface area contributed by atoms with E-state index in [1.54, 1.807) is 30.0 Å². The highest BCUT2D eigenvalue weighted by Gasteiger charge is 2.36. The van der Waals surface area contributed by atoms with E-state index in [-0.39, 0.29) is 55.3 Å². The number of nitrogens with zero attached hydrogens (tertiary/aromatic N) is 2. The Labute approximate surface area is 241 Å². The number of sulfonamides is 1. The van der Waals surface area contributed by atoms with E-state index in [1.165, 1.54) is 31.2 Å². The Morgan fingerprint density at radius 2 is 1.74 bits per heavy atom. The third kappa shape index (κ3) is 7.37. The van der Waals surface area contributed by atoms with Gasteiger partial charge in [0.2, 0.25) is 16.8 Å². The van der Waals surface area contributed by atoms with Gasteiger partial charge in [-0.3, -0.25) is 14.3 Å². The fourth-order valence-corrected chi connectivity index (χ4v) is 5.74. The van der Waals surface area contributed by atoms with Crippen LogP contribution in [0.5, 0.6) is 17.2 Å². The van der Waals surface area contributed by atoms with Crippen LogP contribution in [0.15, 0.2) is 36.4 Å². The first-order valence-corrected chi connectivity index (χ1v) is 14.7. The van der Waals surface area contributed by atoms with Gasteiger partial charge in [0.05, 0.1) is 17.7 Å². The average Bonchev–Trinajstić information content (AvgIpc) is 3.38. The number of likely N-dealkylation sites (N-methyl/N-ethyl adjacent to an activating group) is 1. The number of methoxy groups -OCH3 is 1. The van der Waals surface area contributed by atoms with E-state index in [0.717, 1.165) is 6.07 Å². The van der Waals surface area contributed by atoms with Crippen molar-refractivity contribution in [1.82, 2.24) is 9.80 Å². The number of alkyl halides is 3. The summed E-state index contributed by atoms with van der Waals surface area (Å²) in [5.41, 5.74) is 0.0660. The van der Waals surface area contributed by atoms with Gasteiger partial charge in [-0.25, -0.2) is 8.42 Å². The Morgan fingerprint density at radius 1 is 1.05 bits per heavy atom. The molecule has 1 N–H and O–H groups in total. The number of carbonyl (C=O) groups is 2. The Balaban J connectivity index is 1.66. The minimum Gasteiger partial charge on any atom is -0.491 e. The molecule has 11 nitrogen and oxygen atoms in total. The van der Waals surface area contributed by atoms with E-state index in [2.05, 4.69) is 0 Å². The van der Waals surface area contributed by atoms with Crippen molar-refractivity contribution in [1.29, 1.82) is 0 Å². The number of amides is 2. The zero-order valence-electron chi connectivity index (χ0n) is 23.4. The SMILES string of the molecule is CO[C@@H]1CN(C)C(=O)c2cc(NS(=O)(=O)CC(F)(F)F)ccc2OC[C@@H](C)N(C(=O)c2ccc3c(c2)OCO3)C[C@H]1C. The summed E-state index contributed by atoms with van der Waals surface area (Å²) >= 11 is 0. The van der Waals surface area contributed by atoms with Gasteiger partial charge in [-0.2, -0.15) is 13.2 Å². The monoisotopic (exact) mass is 615 g/mol. The molecule has 0 unspecified atom stereocenters. The maximum atomic E-state index is 13.7. The standard InChI is InChI=1S/C27H32F3N3O8S/c1-16-11-33(25(34)18-5-7-22-23(9-18)41-15-40-22)17(2)13-39-21-8-6-19(31-42(36,37)14-27(28,29)30)10-20(21)26(35)32(3)12-24(16)38-4/h5-10,16-17,24,31H,11-15H2,1-4H3/t16-,17-,24-/m1/s1. The summed E-state index contributed by atoms with van der Waals surface area (Å²) in [6, 6.07) is 8.02. The lowest BCUT2D eigenvalue weighted by atomic mass is 10.0. The number of fused-ring (bicyclic) bond motifs is 2. The van der Waals surface area contributed by atoms with Gasteiger partial charge in [0.25, 0.3) is 11.8 Å². The molecule has 2 aliphatic rings. The Morgan fingerprint density at radius 3 is 2.43 bits per heavy atom. The predicted octanol–water partition coefficient (Wildman–Crippen LogP) is 3.37. The molecule has 0 bridgehead atoms. The number of hydrogen-bond donors (Lipinski definition) is 1. The van der Waals surface area contributed by atoms with Crippen molar-refractivity contribution in [3.63, 3.8) is 0 Å². The highest BCUT2D eigenvalue weighted by atomic mass is 32.2. The third-order valence-corrected chi connectivity index (χ3v) is 8.21. The molecular formula is C27H32F3N3O8S. The van der Waals surface area contributed by atoms with Crippen LogP contribution in [0, 0.1) is 5.92 Å². The molecule has 2 aromatic carbocycles. The van der Waals surface area contributed by atoms with Crippen molar-refractivity contribution in [2.24, 2.45) is 5.92 Å². The smallest absolute Gasteiger partial charge is 0.404 e. The molecule has 0 saturated carbocycles. The molecule has 3 atom stereocenters. The fourth-order valence-electron chi connectivity index (χ4n) is 4.75. The number of nitrogens with one attached hydrogen (secondary N) is 1. The van der Waals surface area contributed by atoms with Crippen molar-refractivity contribution in [2.75, 3.05) is 51.1 Å². The molecule has 4 rings (SSSR count). The maximum Gasteiger partial charge on any atom is 0.404 e. The highest BCUT2D eigenvalue weighted by Crippen LogP contribution is 2.33. The molecule has 0 radical (unpaired) electrons. The van der Waals surface area contributed by atoms with Crippen LogP contribution in [-0.4, -0.2) is 94.8 Å². The van der Waals surface area contributed by atoms with Gasteiger partial charge >= 0.3 is 6.18 Å². The zero-order valence-corrected chi connectivity index (χ0v) is 24.3. The molecule has 0 spiro atoms. The van der Waals surface area contributed by atoms with Gasteiger partial charge in [-0.1, -0.05) is 6.92 Å². The lowest BCUT2D eigenvalue weighted by molar-refractivity contribution is -0.106. The number of anilines is 1. The summed E-state index contributed by atoms with van der Waals surface area (Å²) in [6.45, 7) is 4.03. The lowest BCUT2D eigenvalue weighted by Crippen LogP contribution is -2.48. The minimum absolute atomic E-state index is 0.0518. The molecule has 0 aromatic heterocycles. The highest BCUT2D eigenvalue weighted by molar-refractivity contribution is 7.92. The largest absolute Gasteiger partial charge is 0.491 e. The quantitative estimate of drug-likeness (QED) is 0.543. The topological polar surface area (TPSA) is 124 Å². The van der Waals surface area contributed by atoms with Gasteiger partial charge in [-0.15, -0.1) is 0 Å². The van der Waals surface area contributed by atoms with Gasteiger partial charge in [0.15, 0.2) is 17.3 Å². The van der Waals surface area contributed by atoms with E-state index in [4.69, 9.17) is 18.9 Å². The molecule has 2 aromatic rings. The van der Waals surface area contributed by atoms with Crippen LogP contribution >= 0.6 is 0 Å². The van der Waals surface area contributed by atoms with Gasteiger partial charge < -0.3 is 28.7 Å². The summed E-state index contributed by atoms with van der Waals surface area (Å²) in [7, 11) is -1.79. The number of ether oxygens (including phenoxy) is 4. The van der Waals surface area contributed by atoms with Gasteiger partial charge in [-0.05, 0) is 43.3 Å². The summed E-state index contributed by atoms with van der Waals surface area (Å²) in [6.07, 6.45) is -5.46. The first kappa shape index (κ1) is 31.2. The Hall–Kier alpha value is -3.72. The molecule has 230 valence electrons. The lowest BCUT2D eigenvalue weighted by Gasteiger charge is -2.36. The minimum atomic E-state index is -4.95. The van der Waals surface area contributed by atoms with Gasteiger partial charge in [0.1, 0.15) is 12.4 Å². The van der Waals surface area contributed by atoms with Crippen molar-refractivity contribution < 1.29 is 50.1 Å². The summed E-state index contributed by atoms with van der Waals surface area (Å²) < 4.78 is 86.6. The van der Waals surface area contributed by atoms with Crippen LogP contribution < -0.4 is 18.9 Å². The zero-order chi connectivity index (χ0) is 30.8. The molecule has 15 heteroatoms. The summed E-state index contributed by atoms with van der Waals surface area (Å²) in [5, 5.41) is 0. The molecule has 2 amide bonds. The van der Waals surface area contributed by atoms with Crippen LogP contribution in [0.25, 0.3) is 0 Å². The van der Waals surface area contributed by atoms with E-state index in [1.807, 2.05) is 11.6 Å². The first-order valence-electron chi connectivity index (χ1n) is 13.0. The maximum absolute atomic E-state index is 13.7. The van der Waals surface area contributed by atoms with Crippen LogP contribution in [-0.2, 0) is 14.8 Å². The molecule has 0 fully saturated rings. The second-order valence-electron chi connectivity index (χ2n) is 10.3. The van der Waals surface area contributed by atoms with E-state index >= 15 is 0 Å². The summed E-state index contributed by atoms with van der Waals surface area (Å²) in [4.78, 5) is 30.2. The van der Waals surface area contributed by atoms with Crippen molar-refractivity contribution in [3.8, 4) is 17.2 Å². The van der Waals surface area contributed by atoms with E-state index in [9.17, 15) is 31.2 Å².